The second-order valence-corrected chi connectivity index (χ2v) is 5.81. The molecule has 0 amide bonds. The van der Waals surface area contributed by atoms with E-state index in [0.717, 1.165) is 0 Å². The molecule has 0 aliphatic carbocycles. The van der Waals surface area contributed by atoms with Gasteiger partial charge in [0.15, 0.2) is 5.75 Å². The lowest BCUT2D eigenvalue weighted by molar-refractivity contribution is -0.385. The summed E-state index contributed by atoms with van der Waals surface area (Å²) in [6.45, 7) is 5.53. The van der Waals surface area contributed by atoms with Crippen molar-refractivity contribution in [2.24, 2.45) is 5.10 Å². The van der Waals surface area contributed by atoms with Gasteiger partial charge in [0, 0.05) is 30.2 Å². The molecule has 29 heavy (non-hydrogen) atoms. The number of rotatable bonds is 10. The number of benzene rings is 1. The van der Waals surface area contributed by atoms with Gasteiger partial charge in [-0.05, 0) is 26.8 Å². The second-order valence-electron chi connectivity index (χ2n) is 5.81. The van der Waals surface area contributed by atoms with Crippen molar-refractivity contribution in [1.29, 1.82) is 0 Å². The summed E-state index contributed by atoms with van der Waals surface area (Å²) in [7, 11) is 0. The monoisotopic (exact) mass is 405 g/mol. The summed E-state index contributed by atoms with van der Waals surface area (Å²) >= 11 is 0. The van der Waals surface area contributed by atoms with Gasteiger partial charge in [0.2, 0.25) is 11.7 Å². The first-order chi connectivity index (χ1) is 13.9. The molecule has 0 spiro atoms. The fourth-order valence-electron chi connectivity index (χ4n) is 2.61. The molecule has 0 unspecified atom stereocenters. The summed E-state index contributed by atoms with van der Waals surface area (Å²) in [5.41, 5.74) is 3.22. The zero-order valence-electron chi connectivity index (χ0n) is 16.4. The molecule has 0 bridgehead atoms. The van der Waals surface area contributed by atoms with Crippen molar-refractivity contribution in [3.05, 3.63) is 49.4 Å². The maximum Gasteiger partial charge on any atom is 0.315 e. The lowest BCUT2D eigenvalue weighted by Gasteiger charge is -2.11. The predicted octanol–water partition coefficient (Wildman–Crippen LogP) is 1.76. The topological polar surface area (TPSA) is 152 Å². The fraction of sp³-hybridized carbons (Fsp3) is 0.389. The smallest absolute Gasteiger partial charge is 0.315 e. The lowest BCUT2D eigenvalue weighted by Crippen LogP contribution is -2.19. The molecule has 11 nitrogen and oxygen atoms in total. The fourth-order valence-corrected chi connectivity index (χ4v) is 2.61. The molecule has 0 aliphatic heterocycles. The maximum atomic E-state index is 12.0. The van der Waals surface area contributed by atoms with E-state index < -0.39 is 4.92 Å². The number of nitro benzene ring substituents is 1. The summed E-state index contributed by atoms with van der Waals surface area (Å²) in [6.07, 6.45) is 1.54. The number of hydrogen-bond acceptors (Lipinski definition) is 9. The van der Waals surface area contributed by atoms with Crippen molar-refractivity contribution in [2.75, 3.05) is 25.2 Å². The molecule has 156 valence electrons. The molecule has 0 radical (unpaired) electrons. The number of aryl methyl sites for hydroxylation is 1. The summed E-state index contributed by atoms with van der Waals surface area (Å²) in [4.78, 5) is 29.6. The van der Waals surface area contributed by atoms with Crippen molar-refractivity contribution < 1.29 is 19.5 Å². The number of aliphatic hydroxyl groups excluding tert-OH is 1. The predicted molar refractivity (Wildman–Crippen MR) is 107 cm³/mol. The minimum Gasteiger partial charge on any atom is -0.490 e. The molecule has 1 aromatic heterocycles. The first kappa shape index (κ1) is 21.8. The van der Waals surface area contributed by atoms with Crippen LogP contribution < -0.4 is 20.5 Å². The number of aromatic nitrogens is 2. The van der Waals surface area contributed by atoms with Gasteiger partial charge in [-0.15, -0.1) is 0 Å². The van der Waals surface area contributed by atoms with Crippen LogP contribution in [0.3, 0.4) is 0 Å². The molecular formula is C18H23N5O6. The molecular weight excluding hydrogens is 382 g/mol. The molecule has 1 heterocycles. The number of hydrazone groups is 1. The van der Waals surface area contributed by atoms with Crippen LogP contribution in [0.4, 0.5) is 11.6 Å². The largest absolute Gasteiger partial charge is 0.490 e. The van der Waals surface area contributed by atoms with Crippen LogP contribution in [0.2, 0.25) is 0 Å². The quantitative estimate of drug-likeness (QED) is 0.307. The SMILES string of the molecule is CCOc1cc(/C=N\Nc2nc(C)c(CCO)c(=O)[nH]2)cc([N+](=O)[O-])c1OCC. The Labute approximate surface area is 166 Å². The highest BCUT2D eigenvalue weighted by Gasteiger charge is 2.22. The zero-order valence-corrected chi connectivity index (χ0v) is 16.4. The average Bonchev–Trinajstić information content (AvgIpc) is 2.66. The van der Waals surface area contributed by atoms with Crippen molar-refractivity contribution in [3.63, 3.8) is 0 Å². The molecule has 0 atom stereocenters. The van der Waals surface area contributed by atoms with E-state index in [4.69, 9.17) is 14.6 Å². The van der Waals surface area contributed by atoms with E-state index in [1.54, 1.807) is 26.8 Å². The van der Waals surface area contributed by atoms with Crippen LogP contribution in [0.1, 0.15) is 30.7 Å². The van der Waals surface area contributed by atoms with E-state index in [1.165, 1.54) is 12.3 Å². The highest BCUT2D eigenvalue weighted by molar-refractivity contribution is 5.83. The Kier molecular flexibility index (Phi) is 7.66. The van der Waals surface area contributed by atoms with Gasteiger partial charge in [-0.2, -0.15) is 5.10 Å². The highest BCUT2D eigenvalue weighted by Crippen LogP contribution is 2.38. The normalized spacial score (nSPS) is 10.9. The molecule has 0 saturated heterocycles. The van der Waals surface area contributed by atoms with Crippen LogP contribution in [0.25, 0.3) is 0 Å². The van der Waals surface area contributed by atoms with E-state index in [2.05, 4.69) is 20.5 Å². The molecule has 2 rings (SSSR count). The number of nitrogens with one attached hydrogen (secondary N) is 2. The van der Waals surface area contributed by atoms with Gasteiger partial charge in [-0.25, -0.2) is 10.4 Å². The van der Waals surface area contributed by atoms with Gasteiger partial charge in [0.05, 0.1) is 30.0 Å². The minimum atomic E-state index is -0.555. The van der Waals surface area contributed by atoms with Crippen molar-refractivity contribution in [1.82, 2.24) is 9.97 Å². The van der Waals surface area contributed by atoms with E-state index in [0.29, 0.717) is 23.4 Å². The lowest BCUT2D eigenvalue weighted by atomic mass is 10.2. The number of hydrogen-bond donors (Lipinski definition) is 3. The van der Waals surface area contributed by atoms with Gasteiger partial charge >= 0.3 is 5.69 Å². The van der Waals surface area contributed by atoms with Crippen LogP contribution in [0.5, 0.6) is 11.5 Å². The molecule has 1 aromatic carbocycles. The Morgan fingerprint density at radius 3 is 2.66 bits per heavy atom. The van der Waals surface area contributed by atoms with Crippen LogP contribution in [0.15, 0.2) is 22.0 Å². The number of nitrogens with zero attached hydrogens (tertiary/aromatic N) is 3. The number of aromatic amines is 1. The summed E-state index contributed by atoms with van der Waals surface area (Å²) in [5, 5.41) is 24.4. The standard InChI is InChI=1S/C18H23N5O6/c1-4-28-15-9-12(8-14(23(26)27)16(15)29-5-2)10-19-22-18-20-11(3)13(6-7-24)17(25)21-18/h8-10,24H,4-7H2,1-3H3,(H2,20,21,22,25)/b19-10-. The van der Waals surface area contributed by atoms with Crippen molar-refractivity contribution in [3.8, 4) is 11.5 Å². The molecule has 0 fully saturated rings. The molecule has 2 aromatic rings. The minimum absolute atomic E-state index is 0.0607. The van der Waals surface area contributed by atoms with E-state index in [-0.39, 0.29) is 48.3 Å². The van der Waals surface area contributed by atoms with E-state index in [9.17, 15) is 14.9 Å². The molecule has 0 aliphatic rings. The van der Waals surface area contributed by atoms with Gasteiger partial charge in [0.25, 0.3) is 5.56 Å². The number of ether oxygens (including phenoxy) is 2. The Balaban J connectivity index is 2.30. The Bertz CT molecular complexity index is 956. The molecule has 0 saturated carbocycles. The second kappa shape index (κ2) is 10.2. The zero-order chi connectivity index (χ0) is 21.4. The van der Waals surface area contributed by atoms with Gasteiger partial charge in [-0.3, -0.25) is 19.9 Å². The Morgan fingerprint density at radius 2 is 2.07 bits per heavy atom. The molecule has 3 N–H and O–H groups in total. The van der Waals surface area contributed by atoms with Crippen LogP contribution in [-0.4, -0.2) is 46.0 Å². The third kappa shape index (κ3) is 5.51. The van der Waals surface area contributed by atoms with Gasteiger partial charge in [0.1, 0.15) is 0 Å². The Morgan fingerprint density at radius 1 is 1.34 bits per heavy atom. The van der Waals surface area contributed by atoms with Crippen molar-refractivity contribution >= 4 is 17.9 Å². The summed E-state index contributed by atoms with van der Waals surface area (Å²) in [6, 6.07) is 2.88. The van der Waals surface area contributed by atoms with Gasteiger partial charge < -0.3 is 14.6 Å². The summed E-state index contributed by atoms with van der Waals surface area (Å²) < 4.78 is 10.8. The maximum absolute atomic E-state index is 12.0. The van der Waals surface area contributed by atoms with Crippen LogP contribution in [0, 0.1) is 17.0 Å². The molecule has 11 heteroatoms. The highest BCUT2D eigenvalue weighted by atomic mass is 16.6. The van der Waals surface area contributed by atoms with Crippen LogP contribution >= 0.6 is 0 Å². The number of anilines is 1. The third-order valence-corrected chi connectivity index (χ3v) is 3.81. The van der Waals surface area contributed by atoms with Gasteiger partial charge in [-0.1, -0.05) is 0 Å². The third-order valence-electron chi connectivity index (χ3n) is 3.81. The average molecular weight is 405 g/mol. The Hall–Kier alpha value is -3.47. The summed E-state index contributed by atoms with van der Waals surface area (Å²) in [5.74, 6) is 0.405. The van der Waals surface area contributed by atoms with E-state index >= 15 is 0 Å². The first-order valence-corrected chi connectivity index (χ1v) is 8.98. The number of nitro groups is 1. The number of H-pyrrole nitrogens is 1. The number of aliphatic hydroxyl groups is 1. The van der Waals surface area contributed by atoms with Crippen LogP contribution in [-0.2, 0) is 6.42 Å². The van der Waals surface area contributed by atoms with Crippen molar-refractivity contribution in [2.45, 2.75) is 27.2 Å². The first-order valence-electron chi connectivity index (χ1n) is 8.98. The van der Waals surface area contributed by atoms with E-state index in [1.807, 2.05) is 0 Å².